The second-order valence-electron chi connectivity index (χ2n) is 5.12. The van der Waals surface area contributed by atoms with Crippen molar-refractivity contribution in [3.8, 4) is 6.07 Å². The topological polar surface area (TPSA) is 64.3 Å². The summed E-state index contributed by atoms with van der Waals surface area (Å²) in [5, 5.41) is 19.2. The molecule has 20 heavy (non-hydrogen) atoms. The summed E-state index contributed by atoms with van der Waals surface area (Å²) >= 11 is 0. The van der Waals surface area contributed by atoms with Gasteiger partial charge in [-0.3, -0.25) is 4.79 Å². The smallest absolute Gasteiger partial charge is 0.268 e. The summed E-state index contributed by atoms with van der Waals surface area (Å²) < 4.78 is 0. The first kappa shape index (κ1) is 14.1. The second kappa shape index (κ2) is 5.79. The van der Waals surface area contributed by atoms with E-state index in [9.17, 15) is 9.90 Å². The lowest BCUT2D eigenvalue weighted by Gasteiger charge is -2.29. The Morgan fingerprint density at radius 3 is 2.60 bits per heavy atom. The highest BCUT2D eigenvalue weighted by Crippen LogP contribution is 2.31. The Kier molecular flexibility index (Phi) is 4.09. The van der Waals surface area contributed by atoms with Crippen molar-refractivity contribution >= 4 is 5.91 Å². The second-order valence-corrected chi connectivity index (χ2v) is 5.12. The number of rotatable bonds is 4. The van der Waals surface area contributed by atoms with Gasteiger partial charge in [0.1, 0.15) is 11.8 Å². The van der Waals surface area contributed by atoms with Crippen molar-refractivity contribution in [1.82, 2.24) is 4.90 Å². The van der Waals surface area contributed by atoms with Crippen molar-refractivity contribution < 1.29 is 9.90 Å². The number of hydrogen-bond donors (Lipinski definition) is 1. The number of carbonyl (C=O) groups is 1. The predicted octanol–water partition coefficient (Wildman–Crippen LogP) is 2.78. The Morgan fingerprint density at radius 1 is 1.40 bits per heavy atom. The molecule has 1 heterocycles. The molecule has 1 aliphatic heterocycles. The van der Waals surface area contributed by atoms with Gasteiger partial charge in [0.2, 0.25) is 0 Å². The monoisotopic (exact) mass is 270 g/mol. The molecule has 0 saturated carbocycles. The van der Waals surface area contributed by atoms with Gasteiger partial charge in [0.15, 0.2) is 5.57 Å². The maximum absolute atomic E-state index is 12.3. The summed E-state index contributed by atoms with van der Waals surface area (Å²) in [6.07, 6.45) is 0.825. The SMILES string of the molecule is CCC(C)C1C(O)=C(C#N)C(=O)N1Cc1ccccc1. The molecule has 4 nitrogen and oxygen atoms in total. The van der Waals surface area contributed by atoms with Crippen LogP contribution in [-0.2, 0) is 11.3 Å². The number of benzene rings is 1. The molecule has 0 saturated heterocycles. The van der Waals surface area contributed by atoms with Gasteiger partial charge in [-0.25, -0.2) is 0 Å². The fourth-order valence-electron chi connectivity index (χ4n) is 2.53. The van der Waals surface area contributed by atoms with Gasteiger partial charge in [0.25, 0.3) is 5.91 Å². The Hall–Kier alpha value is -2.28. The number of hydrogen-bond acceptors (Lipinski definition) is 3. The maximum atomic E-state index is 12.3. The normalized spacial score (nSPS) is 20.1. The highest BCUT2D eigenvalue weighted by molar-refractivity contribution is 6.00. The third kappa shape index (κ3) is 2.39. The minimum Gasteiger partial charge on any atom is -0.508 e. The largest absolute Gasteiger partial charge is 0.508 e. The summed E-state index contributed by atoms with van der Waals surface area (Å²) in [5.74, 6) is -0.351. The van der Waals surface area contributed by atoms with E-state index in [2.05, 4.69) is 0 Å². The molecule has 0 spiro atoms. The zero-order valence-corrected chi connectivity index (χ0v) is 11.7. The van der Waals surface area contributed by atoms with Crippen LogP contribution in [0.15, 0.2) is 41.7 Å². The van der Waals surface area contributed by atoms with Gasteiger partial charge in [0, 0.05) is 6.54 Å². The van der Waals surface area contributed by atoms with E-state index in [1.165, 1.54) is 0 Å². The zero-order chi connectivity index (χ0) is 14.7. The van der Waals surface area contributed by atoms with Crippen molar-refractivity contribution in [1.29, 1.82) is 5.26 Å². The summed E-state index contributed by atoms with van der Waals surface area (Å²) in [4.78, 5) is 13.9. The lowest BCUT2D eigenvalue weighted by Crippen LogP contribution is -2.39. The Bertz CT molecular complexity index is 572. The Labute approximate surface area is 118 Å². The quantitative estimate of drug-likeness (QED) is 0.915. The first-order valence-corrected chi connectivity index (χ1v) is 6.78. The molecule has 1 amide bonds. The van der Waals surface area contributed by atoms with E-state index in [0.717, 1.165) is 12.0 Å². The zero-order valence-electron chi connectivity index (χ0n) is 11.7. The predicted molar refractivity (Wildman–Crippen MR) is 75.5 cm³/mol. The first-order chi connectivity index (χ1) is 9.60. The number of nitriles is 1. The Balaban J connectivity index is 2.32. The molecule has 0 bridgehead atoms. The van der Waals surface area contributed by atoms with Crippen LogP contribution in [0.1, 0.15) is 25.8 Å². The average Bonchev–Trinajstić information content (AvgIpc) is 2.70. The minimum atomic E-state index is -0.401. The molecule has 2 rings (SSSR count). The number of carbonyl (C=O) groups excluding carboxylic acids is 1. The van der Waals surface area contributed by atoms with Crippen LogP contribution < -0.4 is 0 Å². The van der Waals surface area contributed by atoms with Crippen molar-refractivity contribution in [3.05, 3.63) is 47.2 Å². The van der Waals surface area contributed by atoms with E-state index in [-0.39, 0.29) is 23.2 Å². The minimum absolute atomic E-state index is 0.0808. The molecule has 0 radical (unpaired) electrons. The molecular weight excluding hydrogens is 252 g/mol. The molecule has 0 aromatic heterocycles. The summed E-state index contributed by atoms with van der Waals surface area (Å²) in [5.41, 5.74) is 0.868. The average molecular weight is 270 g/mol. The third-order valence-electron chi connectivity index (χ3n) is 3.84. The van der Waals surface area contributed by atoms with Gasteiger partial charge in [-0.05, 0) is 11.5 Å². The molecule has 1 aliphatic rings. The van der Waals surface area contributed by atoms with Gasteiger partial charge < -0.3 is 10.0 Å². The van der Waals surface area contributed by atoms with Gasteiger partial charge >= 0.3 is 0 Å². The summed E-state index contributed by atoms with van der Waals surface area (Å²) in [6, 6.07) is 11.0. The molecule has 1 N–H and O–H groups in total. The van der Waals surface area contributed by atoms with Crippen LogP contribution in [-0.4, -0.2) is 22.0 Å². The molecule has 0 fully saturated rings. The van der Waals surface area contributed by atoms with Crippen molar-refractivity contribution in [2.24, 2.45) is 5.92 Å². The van der Waals surface area contributed by atoms with E-state index < -0.39 is 6.04 Å². The van der Waals surface area contributed by atoms with Crippen LogP contribution in [0.2, 0.25) is 0 Å². The number of nitrogens with zero attached hydrogens (tertiary/aromatic N) is 2. The van der Waals surface area contributed by atoms with Gasteiger partial charge in [-0.15, -0.1) is 0 Å². The number of aliphatic hydroxyl groups excluding tert-OH is 1. The van der Waals surface area contributed by atoms with Crippen molar-refractivity contribution in [2.45, 2.75) is 32.9 Å². The maximum Gasteiger partial charge on any atom is 0.268 e. The number of aliphatic hydroxyl groups is 1. The lowest BCUT2D eigenvalue weighted by molar-refractivity contribution is -0.128. The van der Waals surface area contributed by atoms with Gasteiger partial charge in [-0.1, -0.05) is 50.6 Å². The van der Waals surface area contributed by atoms with Crippen molar-refractivity contribution in [2.75, 3.05) is 0 Å². The molecule has 2 atom stereocenters. The van der Waals surface area contributed by atoms with E-state index >= 15 is 0 Å². The van der Waals surface area contributed by atoms with E-state index in [1.54, 1.807) is 4.90 Å². The van der Waals surface area contributed by atoms with E-state index in [4.69, 9.17) is 5.26 Å². The molecule has 104 valence electrons. The number of amides is 1. The standard InChI is InChI=1S/C16H18N2O2/c1-3-11(2)14-15(19)13(9-17)16(20)18(14)10-12-7-5-4-6-8-12/h4-8,11,14,19H,3,10H2,1-2H3. The van der Waals surface area contributed by atoms with E-state index in [1.807, 2.05) is 50.2 Å². The lowest BCUT2D eigenvalue weighted by atomic mass is 9.97. The van der Waals surface area contributed by atoms with Gasteiger partial charge in [-0.2, -0.15) is 5.26 Å². The molecular formula is C16H18N2O2. The summed E-state index contributed by atoms with van der Waals surface area (Å²) in [6.45, 7) is 4.39. The fourth-order valence-corrected chi connectivity index (χ4v) is 2.53. The molecule has 0 aliphatic carbocycles. The summed E-state index contributed by atoms with van der Waals surface area (Å²) in [7, 11) is 0. The van der Waals surface area contributed by atoms with Crippen LogP contribution in [0.5, 0.6) is 0 Å². The highest BCUT2D eigenvalue weighted by atomic mass is 16.3. The van der Waals surface area contributed by atoms with Crippen LogP contribution in [0.4, 0.5) is 0 Å². The molecule has 2 unspecified atom stereocenters. The molecule has 4 heteroatoms. The van der Waals surface area contributed by atoms with Crippen molar-refractivity contribution in [3.63, 3.8) is 0 Å². The fraction of sp³-hybridized carbons (Fsp3) is 0.375. The molecule has 1 aromatic carbocycles. The van der Waals surface area contributed by atoms with Crippen LogP contribution in [0.25, 0.3) is 0 Å². The Morgan fingerprint density at radius 2 is 2.05 bits per heavy atom. The molecule has 1 aromatic rings. The van der Waals surface area contributed by atoms with E-state index in [0.29, 0.717) is 6.54 Å². The van der Waals surface area contributed by atoms with Crippen LogP contribution in [0.3, 0.4) is 0 Å². The van der Waals surface area contributed by atoms with Gasteiger partial charge in [0.05, 0.1) is 6.04 Å². The highest BCUT2D eigenvalue weighted by Gasteiger charge is 2.41. The van der Waals surface area contributed by atoms with Crippen LogP contribution in [0, 0.1) is 17.2 Å². The third-order valence-corrected chi connectivity index (χ3v) is 3.84. The first-order valence-electron chi connectivity index (χ1n) is 6.78. The van der Waals surface area contributed by atoms with Crippen LogP contribution >= 0.6 is 0 Å².